The zero-order valence-corrected chi connectivity index (χ0v) is 26.9. The van der Waals surface area contributed by atoms with Crippen LogP contribution in [0.2, 0.25) is 0 Å². The van der Waals surface area contributed by atoms with E-state index in [9.17, 15) is 66.4 Å². The molecule has 0 aromatic carbocycles. The summed E-state index contributed by atoms with van der Waals surface area (Å²) in [5, 5.41) is 134. The van der Waals surface area contributed by atoms with Gasteiger partial charge in [-0.25, -0.2) is 0 Å². The van der Waals surface area contributed by atoms with Gasteiger partial charge < -0.3 is 99.5 Å². The maximum absolute atomic E-state index is 11.3. The highest BCUT2D eigenvalue weighted by atomic mass is 16.6. The predicted molar refractivity (Wildman–Crippen MR) is 157 cm³/mol. The summed E-state index contributed by atoms with van der Waals surface area (Å²) in [6.45, 7) is -2.10. The molecule has 49 heavy (non-hydrogen) atoms. The van der Waals surface area contributed by atoms with Gasteiger partial charge in [-0.1, -0.05) is 6.92 Å². The fourth-order valence-corrected chi connectivity index (χ4v) is 6.52. The summed E-state index contributed by atoms with van der Waals surface area (Å²) in [6.07, 6.45) is -27.8. The molecule has 0 saturated carbocycles. The van der Waals surface area contributed by atoms with Gasteiger partial charge in [0.05, 0.1) is 52.4 Å². The van der Waals surface area contributed by atoms with Crippen molar-refractivity contribution < 1.29 is 99.5 Å². The van der Waals surface area contributed by atoms with Crippen LogP contribution in [0.4, 0.5) is 0 Å². The van der Waals surface area contributed by atoms with E-state index in [-0.39, 0.29) is 0 Å². The second-order valence-electron chi connectivity index (χ2n) is 12.8. The van der Waals surface area contributed by atoms with Gasteiger partial charge in [-0.3, -0.25) is 0 Å². The molecule has 4 fully saturated rings. The zero-order valence-electron chi connectivity index (χ0n) is 26.9. The van der Waals surface area contributed by atoms with Crippen LogP contribution in [-0.4, -0.2) is 235 Å². The average Bonchev–Trinajstić information content (AvgIpc) is 3.09. The fraction of sp³-hybridized carbons (Fsp3) is 1.00. The summed E-state index contributed by atoms with van der Waals surface area (Å²) < 4.78 is 39.5. The van der Waals surface area contributed by atoms with Gasteiger partial charge in [-0.2, -0.15) is 0 Å². The van der Waals surface area contributed by atoms with Crippen molar-refractivity contribution in [1.29, 1.82) is 0 Å². The first-order chi connectivity index (χ1) is 23.3. The summed E-state index contributed by atoms with van der Waals surface area (Å²) in [4.78, 5) is 0. The van der Waals surface area contributed by atoms with Crippen molar-refractivity contribution in [2.24, 2.45) is 0 Å². The number of aliphatic hydroxyl groups is 13. The van der Waals surface area contributed by atoms with E-state index in [4.69, 9.17) is 33.2 Å². The van der Waals surface area contributed by atoms with Crippen molar-refractivity contribution in [2.75, 3.05) is 46.2 Å². The fourth-order valence-electron chi connectivity index (χ4n) is 6.52. The molecule has 288 valence electrons. The van der Waals surface area contributed by atoms with Gasteiger partial charge in [-0.15, -0.1) is 0 Å². The van der Waals surface area contributed by atoms with Crippen LogP contribution in [0.5, 0.6) is 0 Å². The van der Waals surface area contributed by atoms with E-state index in [0.29, 0.717) is 6.42 Å². The molecule has 0 radical (unpaired) electrons. The van der Waals surface area contributed by atoms with Gasteiger partial charge in [0.25, 0.3) is 0 Å². The Kier molecular flexibility index (Phi) is 15.3. The first-order valence-electron chi connectivity index (χ1n) is 16.3. The highest BCUT2D eigenvalue weighted by Crippen LogP contribution is 2.30. The molecule has 13 N–H and O–H groups in total. The van der Waals surface area contributed by atoms with Crippen LogP contribution in [0.15, 0.2) is 0 Å². The Morgan fingerprint density at radius 2 is 0.653 bits per heavy atom. The molecule has 0 aliphatic carbocycles. The molecule has 0 aromatic rings. The average molecular weight is 721 g/mol. The lowest BCUT2D eigenvalue weighted by Crippen LogP contribution is -2.64. The largest absolute Gasteiger partial charge is 0.394 e. The minimum atomic E-state index is -1.71. The Morgan fingerprint density at radius 1 is 0.367 bits per heavy atom. The van der Waals surface area contributed by atoms with Gasteiger partial charge in [0.1, 0.15) is 116 Å². The van der Waals surface area contributed by atoms with Crippen molar-refractivity contribution in [3.8, 4) is 0 Å². The molecule has 4 saturated heterocycles. The van der Waals surface area contributed by atoms with Crippen LogP contribution in [0.3, 0.4) is 0 Å². The summed E-state index contributed by atoms with van der Waals surface area (Å²) in [5.41, 5.74) is 0. The highest BCUT2D eigenvalue weighted by Gasteiger charge is 2.50. The van der Waals surface area contributed by atoms with Crippen molar-refractivity contribution in [3.05, 3.63) is 0 Å². The molecule has 20 unspecified atom stereocenters. The first-order valence-corrected chi connectivity index (χ1v) is 16.3. The predicted octanol–water partition coefficient (Wildman–Crippen LogP) is -8.16. The summed E-state index contributed by atoms with van der Waals surface area (Å²) in [7, 11) is 0. The van der Waals surface area contributed by atoms with E-state index in [0.717, 1.165) is 0 Å². The first kappa shape index (κ1) is 41.0. The minimum Gasteiger partial charge on any atom is -0.394 e. The lowest BCUT2D eigenvalue weighted by atomic mass is 9.92. The zero-order chi connectivity index (χ0) is 36.2. The molecule has 4 aliphatic heterocycles. The van der Waals surface area contributed by atoms with Gasteiger partial charge in [0.2, 0.25) is 0 Å². The Hall–Kier alpha value is -0.800. The Labute approximate surface area is 281 Å². The molecule has 0 spiro atoms. The van der Waals surface area contributed by atoms with E-state index in [1.165, 1.54) is 0 Å². The summed E-state index contributed by atoms with van der Waals surface area (Å²) >= 11 is 0. The second-order valence-corrected chi connectivity index (χ2v) is 12.8. The SMILES string of the molecule is CCC1OC(CO)C(O)C(OCC2OC(COCC3OC(CO)C(O)C(O)C3O)C(O)C(OCC3OC(CO)C(O)C(O)C3O)C2O)C1O. The Balaban J connectivity index is 1.47. The number of hydrogen-bond donors (Lipinski definition) is 13. The standard InChI is InChI=1S/C29H52O20/c1-2-10-22(37)28(23(38)13(5-32)46-10)45-9-17-25(40)29(44-8-16-21(36)27(42)19(34)12(4-31)48-16)24(39)15(49-17)7-43-6-14-20(35)26(41)18(33)11(3-30)47-14/h10-42H,2-9H2,1H3. The molecule has 20 atom stereocenters. The van der Waals surface area contributed by atoms with Gasteiger partial charge in [0.15, 0.2) is 0 Å². The normalized spacial score (nSPS) is 49.6. The molecule has 0 amide bonds. The molecular formula is C29H52O20. The number of rotatable bonds is 14. The summed E-state index contributed by atoms with van der Waals surface area (Å²) in [6, 6.07) is 0. The molecular weight excluding hydrogens is 668 g/mol. The van der Waals surface area contributed by atoms with Crippen molar-refractivity contribution in [3.63, 3.8) is 0 Å². The quantitative estimate of drug-likeness (QED) is 0.0792. The summed E-state index contributed by atoms with van der Waals surface area (Å²) in [5.74, 6) is 0. The lowest BCUT2D eigenvalue weighted by Gasteiger charge is -2.46. The molecule has 4 heterocycles. The van der Waals surface area contributed by atoms with E-state index >= 15 is 0 Å². The topological polar surface area (TPSA) is 328 Å². The minimum absolute atomic E-state index is 0.320. The van der Waals surface area contributed by atoms with E-state index in [1.807, 2.05) is 0 Å². The van der Waals surface area contributed by atoms with Crippen LogP contribution in [0.25, 0.3) is 0 Å². The lowest BCUT2D eigenvalue weighted by molar-refractivity contribution is -0.287. The molecule has 0 aromatic heterocycles. The second kappa shape index (κ2) is 18.3. The maximum Gasteiger partial charge on any atom is 0.115 e. The molecule has 0 bridgehead atoms. The third-order valence-corrected chi connectivity index (χ3v) is 9.60. The van der Waals surface area contributed by atoms with Gasteiger partial charge in [0, 0.05) is 0 Å². The van der Waals surface area contributed by atoms with Gasteiger partial charge in [-0.05, 0) is 6.42 Å². The maximum atomic E-state index is 11.3. The molecule has 4 aliphatic rings. The molecule has 20 heteroatoms. The van der Waals surface area contributed by atoms with Crippen molar-refractivity contribution in [1.82, 2.24) is 0 Å². The van der Waals surface area contributed by atoms with E-state index in [2.05, 4.69) is 0 Å². The molecule has 4 rings (SSSR count). The highest BCUT2D eigenvalue weighted by molar-refractivity contribution is 4.98. The van der Waals surface area contributed by atoms with Crippen molar-refractivity contribution >= 4 is 0 Å². The van der Waals surface area contributed by atoms with E-state index in [1.54, 1.807) is 6.92 Å². The van der Waals surface area contributed by atoms with Crippen LogP contribution in [0, 0.1) is 0 Å². The third kappa shape index (κ3) is 9.05. The molecule has 20 nitrogen and oxygen atoms in total. The van der Waals surface area contributed by atoms with E-state index < -0.39 is 168 Å². The number of hydrogen-bond acceptors (Lipinski definition) is 20. The Bertz CT molecular complexity index is 962. The van der Waals surface area contributed by atoms with Crippen LogP contribution in [0.1, 0.15) is 13.3 Å². The van der Waals surface area contributed by atoms with Crippen LogP contribution in [-0.2, 0) is 33.2 Å². The number of ether oxygens (including phenoxy) is 7. The van der Waals surface area contributed by atoms with Crippen molar-refractivity contribution in [2.45, 2.75) is 135 Å². The number of aliphatic hydroxyl groups excluding tert-OH is 13. The third-order valence-electron chi connectivity index (χ3n) is 9.60. The Morgan fingerprint density at radius 3 is 1.08 bits per heavy atom. The monoisotopic (exact) mass is 720 g/mol. The van der Waals surface area contributed by atoms with Crippen LogP contribution < -0.4 is 0 Å². The van der Waals surface area contributed by atoms with Gasteiger partial charge >= 0.3 is 0 Å². The van der Waals surface area contributed by atoms with Crippen LogP contribution >= 0.6 is 0 Å². The smallest absolute Gasteiger partial charge is 0.115 e.